The minimum atomic E-state index is -2.01. The molecule has 0 bridgehead atoms. The first-order valence-corrected chi connectivity index (χ1v) is 16.4. The fraction of sp³-hybridized carbons (Fsp3) is 0.500. The van der Waals surface area contributed by atoms with E-state index in [0.717, 1.165) is 62.6 Å². The lowest BCUT2D eigenvalue weighted by atomic mass is 9.79. The fourth-order valence-electron chi connectivity index (χ4n) is 5.28. The number of amides is 1. The van der Waals surface area contributed by atoms with Crippen LogP contribution >= 0.6 is 0 Å². The first kappa shape index (κ1) is 27.4. The number of hydrogen-bond acceptors (Lipinski definition) is 4. The molecule has 200 valence electrons. The number of rotatable bonds is 8. The first-order valence-electron chi connectivity index (χ1n) is 13.5. The lowest BCUT2D eigenvalue weighted by molar-refractivity contribution is 0.0732. The highest BCUT2D eigenvalue weighted by atomic mass is 28.4. The Hall–Kier alpha value is -2.64. The molecule has 0 N–H and O–H groups in total. The Morgan fingerprint density at radius 1 is 0.946 bits per heavy atom. The van der Waals surface area contributed by atoms with Crippen molar-refractivity contribution in [2.24, 2.45) is 11.8 Å². The molecular weight excluding hydrogens is 483 g/mol. The molecule has 2 aliphatic heterocycles. The molecule has 2 aliphatic rings. The van der Waals surface area contributed by atoms with Crippen molar-refractivity contribution in [1.29, 1.82) is 0 Å². The van der Waals surface area contributed by atoms with E-state index in [0.29, 0.717) is 29.7 Å². The maximum atomic E-state index is 15.4. The molecule has 0 atom stereocenters. The van der Waals surface area contributed by atoms with Gasteiger partial charge in [-0.15, -0.1) is 6.58 Å². The molecule has 0 aliphatic carbocycles. The summed E-state index contributed by atoms with van der Waals surface area (Å²) in [4.78, 5) is 16.5. The Morgan fingerprint density at radius 2 is 1.57 bits per heavy atom. The molecule has 1 amide bonds. The van der Waals surface area contributed by atoms with Crippen LogP contribution in [0.1, 0.15) is 43.7 Å². The molecule has 37 heavy (non-hydrogen) atoms. The number of benzene rings is 2. The summed E-state index contributed by atoms with van der Waals surface area (Å²) in [5.74, 6) is 1.07. The third-order valence-corrected chi connectivity index (χ3v) is 11.1. The van der Waals surface area contributed by atoms with Gasteiger partial charge < -0.3 is 19.0 Å². The summed E-state index contributed by atoms with van der Waals surface area (Å²) in [5, 5.41) is 1.06. The Bertz CT molecular complexity index is 1060. The monoisotopic (exact) mass is 524 g/mol. The molecule has 5 nitrogen and oxygen atoms in total. The van der Waals surface area contributed by atoms with E-state index in [-0.39, 0.29) is 18.5 Å². The van der Waals surface area contributed by atoms with Crippen molar-refractivity contribution >= 4 is 20.1 Å². The van der Waals surface area contributed by atoms with Crippen molar-refractivity contribution in [2.75, 3.05) is 31.1 Å². The Morgan fingerprint density at radius 3 is 2.19 bits per heavy atom. The highest BCUT2D eigenvalue weighted by molar-refractivity contribution is 6.78. The summed E-state index contributed by atoms with van der Waals surface area (Å²) < 4.78 is 27.0. The lowest BCUT2D eigenvalue weighted by Gasteiger charge is -2.40. The minimum Gasteiger partial charge on any atom is -0.445 e. The first-order chi connectivity index (χ1) is 17.7. The van der Waals surface area contributed by atoms with Crippen LogP contribution in [-0.4, -0.2) is 45.5 Å². The largest absolute Gasteiger partial charge is 0.445 e. The van der Waals surface area contributed by atoms with E-state index in [4.69, 9.17) is 9.16 Å². The number of nitrogens with zero attached hydrogens (tertiary/aromatic N) is 2. The number of carbonyl (C=O) groups is 1. The third kappa shape index (κ3) is 7.02. The normalized spacial score (nSPS) is 17.6. The van der Waals surface area contributed by atoms with Gasteiger partial charge in [-0.2, -0.15) is 0 Å². The number of likely N-dealkylation sites (tertiary alicyclic amines) is 1. The van der Waals surface area contributed by atoms with Gasteiger partial charge >= 0.3 is 6.09 Å². The number of allylic oxidation sites excluding steroid dienone is 1. The number of carbonyl (C=O) groups excluding carboxylic acids is 1. The maximum absolute atomic E-state index is 15.4. The van der Waals surface area contributed by atoms with Gasteiger partial charge in [0, 0.05) is 31.7 Å². The number of ether oxygens (including phenoxy) is 1. The molecule has 0 aromatic heterocycles. The van der Waals surface area contributed by atoms with Crippen molar-refractivity contribution in [3.63, 3.8) is 0 Å². The highest BCUT2D eigenvalue weighted by Crippen LogP contribution is 2.35. The third-order valence-electron chi connectivity index (χ3n) is 8.22. The van der Waals surface area contributed by atoms with Crippen LogP contribution in [0.15, 0.2) is 60.3 Å². The summed E-state index contributed by atoms with van der Waals surface area (Å²) in [6.45, 7) is 14.0. The second-order valence-electron chi connectivity index (χ2n) is 11.0. The van der Waals surface area contributed by atoms with Crippen molar-refractivity contribution in [3.05, 3.63) is 77.3 Å². The number of halogens is 1. The minimum absolute atomic E-state index is 0.158. The summed E-state index contributed by atoms with van der Waals surface area (Å²) in [6.07, 6.45) is 3.91. The van der Waals surface area contributed by atoms with Crippen LogP contribution < -0.4 is 4.90 Å². The molecule has 0 radical (unpaired) electrons. The van der Waals surface area contributed by atoms with Gasteiger partial charge in [-0.3, -0.25) is 0 Å². The van der Waals surface area contributed by atoms with Crippen LogP contribution in [0.25, 0.3) is 0 Å². The molecule has 2 fully saturated rings. The van der Waals surface area contributed by atoms with Crippen molar-refractivity contribution in [2.45, 2.75) is 58.9 Å². The zero-order chi connectivity index (χ0) is 26.4. The predicted molar refractivity (Wildman–Crippen MR) is 149 cm³/mol. The molecule has 0 spiro atoms. The van der Waals surface area contributed by atoms with Crippen molar-refractivity contribution in [1.82, 2.24) is 4.90 Å². The van der Waals surface area contributed by atoms with Crippen LogP contribution in [0, 0.1) is 17.7 Å². The Labute approximate surface area is 222 Å². The van der Waals surface area contributed by atoms with Gasteiger partial charge in [0.25, 0.3) is 0 Å². The van der Waals surface area contributed by atoms with Gasteiger partial charge in [0.1, 0.15) is 6.61 Å². The average Bonchev–Trinajstić information content (AvgIpc) is 2.92. The predicted octanol–water partition coefficient (Wildman–Crippen LogP) is 6.93. The zero-order valence-corrected chi connectivity index (χ0v) is 23.5. The van der Waals surface area contributed by atoms with Crippen molar-refractivity contribution < 1.29 is 18.3 Å². The number of anilines is 1. The van der Waals surface area contributed by atoms with E-state index < -0.39 is 8.32 Å². The van der Waals surface area contributed by atoms with E-state index in [1.165, 1.54) is 0 Å². The SMILES string of the molecule is C=C(C)[Si](C)(C)OCc1cccc(N2CCC(C3CCN(C(=O)OCc4ccccc4)CC3)CC2)c1F. The van der Waals surface area contributed by atoms with Gasteiger partial charge in [0.2, 0.25) is 8.32 Å². The molecule has 2 heterocycles. The number of piperidine rings is 2. The van der Waals surface area contributed by atoms with Gasteiger partial charge in [0.05, 0.1) is 12.3 Å². The molecule has 2 aromatic carbocycles. The van der Waals surface area contributed by atoms with Gasteiger partial charge in [-0.05, 0) is 69.2 Å². The lowest BCUT2D eigenvalue weighted by Crippen LogP contribution is -2.43. The molecular formula is C30H41FN2O3Si. The molecule has 2 saturated heterocycles. The van der Waals surface area contributed by atoms with Gasteiger partial charge in [-0.1, -0.05) is 47.7 Å². The summed E-state index contributed by atoms with van der Waals surface area (Å²) >= 11 is 0. The summed E-state index contributed by atoms with van der Waals surface area (Å²) in [6, 6.07) is 15.4. The second-order valence-corrected chi connectivity index (χ2v) is 15.2. The molecule has 7 heteroatoms. The quantitative estimate of drug-likeness (QED) is 0.351. The van der Waals surface area contributed by atoms with Crippen LogP contribution in [0.2, 0.25) is 13.1 Å². The molecule has 0 unspecified atom stereocenters. The smallest absolute Gasteiger partial charge is 0.410 e. The van der Waals surface area contributed by atoms with E-state index >= 15 is 4.39 Å². The van der Waals surface area contributed by atoms with Crippen LogP contribution in [0.3, 0.4) is 0 Å². The molecule has 4 rings (SSSR count). The maximum Gasteiger partial charge on any atom is 0.410 e. The van der Waals surface area contributed by atoms with Crippen LogP contribution in [0.4, 0.5) is 14.9 Å². The Kier molecular flexibility index (Phi) is 9.08. The van der Waals surface area contributed by atoms with Gasteiger partial charge in [0.15, 0.2) is 5.82 Å². The summed E-state index contributed by atoms with van der Waals surface area (Å²) in [7, 11) is -2.01. The summed E-state index contributed by atoms with van der Waals surface area (Å²) in [5.41, 5.74) is 2.31. The average molecular weight is 525 g/mol. The highest BCUT2D eigenvalue weighted by Gasteiger charge is 2.32. The topological polar surface area (TPSA) is 42.0 Å². The van der Waals surface area contributed by atoms with Crippen LogP contribution in [-0.2, 0) is 22.4 Å². The fourth-order valence-corrected chi connectivity index (χ4v) is 6.04. The number of hydrogen-bond donors (Lipinski definition) is 0. The van der Waals surface area contributed by atoms with E-state index in [1.807, 2.05) is 60.4 Å². The van der Waals surface area contributed by atoms with E-state index in [9.17, 15) is 4.79 Å². The van der Waals surface area contributed by atoms with Gasteiger partial charge in [-0.25, -0.2) is 9.18 Å². The second kappa shape index (κ2) is 12.3. The molecule has 2 aromatic rings. The van der Waals surface area contributed by atoms with Crippen molar-refractivity contribution in [3.8, 4) is 0 Å². The molecule has 0 saturated carbocycles. The Balaban J connectivity index is 1.24. The van der Waals surface area contributed by atoms with E-state index in [1.54, 1.807) is 0 Å². The standard InChI is InChI=1S/C30H41FN2O3Si/c1-23(2)37(3,4)36-22-27-11-8-12-28(29(27)31)32-17-13-25(14-18-32)26-15-19-33(20-16-26)30(34)35-21-24-9-6-5-7-10-24/h5-12,25-26H,1,13-22H2,2-4H3. The van der Waals surface area contributed by atoms with E-state index in [2.05, 4.69) is 24.6 Å². The zero-order valence-electron chi connectivity index (χ0n) is 22.5. The van der Waals surface area contributed by atoms with Crippen LogP contribution in [0.5, 0.6) is 0 Å².